The minimum atomic E-state index is 0.0648. The van der Waals surface area contributed by atoms with Crippen LogP contribution in [0.4, 0.5) is 5.69 Å². The Labute approximate surface area is 110 Å². The van der Waals surface area contributed by atoms with E-state index in [9.17, 15) is 4.79 Å². The highest BCUT2D eigenvalue weighted by molar-refractivity contribution is 5.94. The summed E-state index contributed by atoms with van der Waals surface area (Å²) >= 11 is 0. The molecule has 0 saturated heterocycles. The molecule has 0 saturated carbocycles. The molecule has 19 heavy (non-hydrogen) atoms. The molecule has 0 fully saturated rings. The number of aryl methyl sites for hydroxylation is 1. The Kier molecular flexibility index (Phi) is 2.95. The summed E-state index contributed by atoms with van der Waals surface area (Å²) < 4.78 is 10.8. The molecular weight excluding hydrogens is 244 g/mol. The van der Waals surface area contributed by atoms with Crippen molar-refractivity contribution in [3.8, 4) is 17.4 Å². The molecule has 1 aromatic heterocycles. The van der Waals surface area contributed by atoms with Gasteiger partial charge in [0.1, 0.15) is 6.20 Å². The highest BCUT2D eigenvalue weighted by atomic mass is 16.6. The van der Waals surface area contributed by atoms with Crippen molar-refractivity contribution < 1.29 is 13.9 Å². The van der Waals surface area contributed by atoms with Crippen molar-refractivity contribution in [1.29, 1.82) is 0 Å². The lowest BCUT2D eigenvalue weighted by Gasteiger charge is -2.16. The van der Waals surface area contributed by atoms with Gasteiger partial charge in [0.2, 0.25) is 11.8 Å². The smallest absolute Gasteiger partial charge is 0.305 e. The third-order valence-electron chi connectivity index (χ3n) is 3.02. The molecule has 2 heterocycles. The van der Waals surface area contributed by atoms with Gasteiger partial charge in [-0.05, 0) is 37.1 Å². The summed E-state index contributed by atoms with van der Waals surface area (Å²) in [5.74, 6) is 1.02. The number of oxazole rings is 1. The molecule has 0 spiro atoms. The van der Waals surface area contributed by atoms with Crippen LogP contribution >= 0.6 is 0 Å². The number of anilines is 1. The van der Waals surface area contributed by atoms with Crippen LogP contribution in [-0.2, 0) is 11.2 Å². The first-order chi connectivity index (χ1) is 9.26. The Morgan fingerprint density at radius 1 is 1.42 bits per heavy atom. The van der Waals surface area contributed by atoms with Gasteiger partial charge in [-0.2, -0.15) is 0 Å². The van der Waals surface area contributed by atoms with E-state index in [-0.39, 0.29) is 5.91 Å². The number of benzene rings is 1. The molecule has 0 radical (unpaired) electrons. The second-order valence-electron chi connectivity index (χ2n) is 4.34. The van der Waals surface area contributed by atoms with Crippen LogP contribution in [0.1, 0.15) is 18.9 Å². The lowest BCUT2D eigenvalue weighted by Crippen LogP contribution is -2.18. The van der Waals surface area contributed by atoms with Gasteiger partial charge in [0.15, 0.2) is 0 Å². The lowest BCUT2D eigenvalue weighted by molar-refractivity contribution is -0.116. The van der Waals surface area contributed by atoms with Crippen LogP contribution in [0.25, 0.3) is 11.5 Å². The van der Waals surface area contributed by atoms with Crippen LogP contribution in [0.15, 0.2) is 28.8 Å². The number of hydrogen-bond acceptors (Lipinski definition) is 4. The highest BCUT2D eigenvalue weighted by Crippen LogP contribution is 2.29. The monoisotopic (exact) mass is 258 g/mol. The Morgan fingerprint density at radius 2 is 2.32 bits per heavy atom. The molecule has 1 aliphatic heterocycles. The Hall–Kier alpha value is -2.30. The van der Waals surface area contributed by atoms with Crippen molar-refractivity contribution in [2.24, 2.45) is 0 Å². The van der Waals surface area contributed by atoms with Gasteiger partial charge in [-0.1, -0.05) is 0 Å². The number of ether oxygens (including phenoxy) is 1. The van der Waals surface area contributed by atoms with E-state index in [0.717, 1.165) is 23.2 Å². The predicted molar refractivity (Wildman–Crippen MR) is 70.1 cm³/mol. The fourth-order valence-corrected chi connectivity index (χ4v) is 2.12. The van der Waals surface area contributed by atoms with E-state index in [0.29, 0.717) is 24.9 Å². The molecular formula is C14H14N2O3. The normalized spacial score (nSPS) is 13.8. The van der Waals surface area contributed by atoms with Crippen molar-refractivity contribution in [1.82, 2.24) is 4.98 Å². The number of rotatable bonds is 3. The van der Waals surface area contributed by atoms with Gasteiger partial charge in [-0.3, -0.25) is 4.79 Å². The zero-order valence-electron chi connectivity index (χ0n) is 10.6. The number of aromatic nitrogens is 1. The van der Waals surface area contributed by atoms with E-state index in [4.69, 9.17) is 9.15 Å². The number of hydrogen-bond donors (Lipinski definition) is 1. The van der Waals surface area contributed by atoms with E-state index >= 15 is 0 Å². The molecule has 5 nitrogen and oxygen atoms in total. The number of carbonyl (C=O) groups is 1. The number of fused-ring (bicyclic) bond motifs is 1. The third-order valence-corrected chi connectivity index (χ3v) is 3.02. The second kappa shape index (κ2) is 4.76. The van der Waals surface area contributed by atoms with Crippen LogP contribution in [0.5, 0.6) is 5.95 Å². The van der Waals surface area contributed by atoms with Crippen LogP contribution < -0.4 is 10.1 Å². The Morgan fingerprint density at radius 3 is 3.16 bits per heavy atom. The van der Waals surface area contributed by atoms with Crippen molar-refractivity contribution in [2.45, 2.75) is 19.8 Å². The summed E-state index contributed by atoms with van der Waals surface area (Å²) in [7, 11) is 0. The first kappa shape index (κ1) is 11.8. The summed E-state index contributed by atoms with van der Waals surface area (Å²) in [6, 6.07) is 5.76. The Balaban J connectivity index is 1.90. The van der Waals surface area contributed by atoms with E-state index in [1.54, 1.807) is 6.20 Å². The summed E-state index contributed by atoms with van der Waals surface area (Å²) in [5, 5.41) is 2.85. The average molecular weight is 258 g/mol. The maximum absolute atomic E-state index is 11.3. The van der Waals surface area contributed by atoms with E-state index < -0.39 is 0 Å². The van der Waals surface area contributed by atoms with Crippen LogP contribution in [0.3, 0.4) is 0 Å². The lowest BCUT2D eigenvalue weighted by atomic mass is 10.0. The maximum Gasteiger partial charge on any atom is 0.305 e. The predicted octanol–water partition coefficient (Wildman–Crippen LogP) is 2.62. The average Bonchev–Trinajstić information content (AvgIpc) is 2.87. The molecule has 1 aliphatic rings. The van der Waals surface area contributed by atoms with Crippen molar-refractivity contribution in [3.63, 3.8) is 0 Å². The first-order valence-electron chi connectivity index (χ1n) is 6.28. The molecule has 2 aromatic rings. The minimum Gasteiger partial charge on any atom is -0.464 e. The van der Waals surface area contributed by atoms with Gasteiger partial charge in [-0.15, -0.1) is 0 Å². The van der Waals surface area contributed by atoms with Crippen LogP contribution in [0, 0.1) is 0 Å². The van der Waals surface area contributed by atoms with E-state index in [1.165, 1.54) is 0 Å². The summed E-state index contributed by atoms with van der Waals surface area (Å²) in [5.41, 5.74) is 2.87. The molecule has 0 atom stereocenters. The Bertz CT molecular complexity index is 619. The molecule has 1 N–H and O–H groups in total. The maximum atomic E-state index is 11.3. The summed E-state index contributed by atoms with van der Waals surface area (Å²) in [6.45, 7) is 2.44. The topological polar surface area (TPSA) is 64.4 Å². The first-order valence-corrected chi connectivity index (χ1v) is 6.28. The zero-order chi connectivity index (χ0) is 13.2. The number of nitrogens with one attached hydrogen (secondary N) is 1. The molecule has 5 heteroatoms. The van der Waals surface area contributed by atoms with Crippen LogP contribution in [-0.4, -0.2) is 17.5 Å². The third kappa shape index (κ3) is 2.31. The second-order valence-corrected chi connectivity index (χ2v) is 4.34. The van der Waals surface area contributed by atoms with Crippen molar-refractivity contribution in [2.75, 3.05) is 11.9 Å². The van der Waals surface area contributed by atoms with Gasteiger partial charge < -0.3 is 14.5 Å². The van der Waals surface area contributed by atoms with E-state index in [1.807, 2.05) is 25.1 Å². The molecule has 3 rings (SSSR count). The van der Waals surface area contributed by atoms with Gasteiger partial charge in [0, 0.05) is 17.7 Å². The summed E-state index contributed by atoms with van der Waals surface area (Å²) in [6.07, 6.45) is 2.83. The minimum absolute atomic E-state index is 0.0648. The highest BCUT2D eigenvalue weighted by Gasteiger charge is 2.16. The summed E-state index contributed by atoms with van der Waals surface area (Å²) in [4.78, 5) is 15.5. The number of nitrogens with zero attached hydrogens (tertiary/aromatic N) is 1. The van der Waals surface area contributed by atoms with Gasteiger partial charge in [0.05, 0.1) is 6.61 Å². The van der Waals surface area contributed by atoms with Gasteiger partial charge in [-0.25, -0.2) is 4.98 Å². The van der Waals surface area contributed by atoms with Crippen molar-refractivity contribution >= 4 is 11.6 Å². The molecule has 0 bridgehead atoms. The van der Waals surface area contributed by atoms with Crippen molar-refractivity contribution in [3.05, 3.63) is 30.0 Å². The van der Waals surface area contributed by atoms with Crippen LogP contribution in [0.2, 0.25) is 0 Å². The molecule has 1 aromatic carbocycles. The molecule has 1 amide bonds. The largest absolute Gasteiger partial charge is 0.464 e. The molecule has 0 aliphatic carbocycles. The SMILES string of the molecule is CCOc1cnc(-c2ccc3c(c2)CCC(=O)N3)o1. The van der Waals surface area contributed by atoms with Gasteiger partial charge >= 0.3 is 5.95 Å². The number of carbonyl (C=O) groups excluding carboxylic acids is 1. The quantitative estimate of drug-likeness (QED) is 0.919. The van der Waals surface area contributed by atoms with E-state index in [2.05, 4.69) is 10.3 Å². The number of amides is 1. The zero-order valence-corrected chi connectivity index (χ0v) is 10.6. The molecule has 0 unspecified atom stereocenters. The molecule has 98 valence electrons. The fourth-order valence-electron chi connectivity index (χ4n) is 2.12. The standard InChI is InChI=1S/C14H14N2O3/c1-2-18-13-8-15-14(19-13)10-3-5-11-9(7-10)4-6-12(17)16-11/h3,5,7-8H,2,4,6H2,1H3,(H,16,17). The fraction of sp³-hybridized carbons (Fsp3) is 0.286. The van der Waals surface area contributed by atoms with Gasteiger partial charge in [0.25, 0.3) is 0 Å².